The van der Waals surface area contributed by atoms with Gasteiger partial charge >= 0.3 is 6.09 Å². The smallest absolute Gasteiger partial charge is 0.410 e. The second-order valence-electron chi connectivity index (χ2n) is 9.98. The van der Waals surface area contributed by atoms with Crippen molar-refractivity contribution in [2.75, 3.05) is 13.7 Å². The molecule has 1 aliphatic rings. The lowest BCUT2D eigenvalue weighted by molar-refractivity contribution is -0.00626. The van der Waals surface area contributed by atoms with Crippen molar-refractivity contribution in [1.29, 1.82) is 0 Å². The number of carbonyl (C=O) groups excluding carboxylic acids is 1. The highest BCUT2D eigenvalue weighted by molar-refractivity contribution is 5.68. The van der Waals surface area contributed by atoms with Gasteiger partial charge in [-0.2, -0.15) is 0 Å². The van der Waals surface area contributed by atoms with E-state index in [1.54, 1.807) is 0 Å². The summed E-state index contributed by atoms with van der Waals surface area (Å²) in [6.45, 7) is 6.97. The third kappa shape index (κ3) is 6.35. The van der Waals surface area contributed by atoms with Crippen molar-refractivity contribution in [2.45, 2.75) is 83.0 Å². The van der Waals surface area contributed by atoms with Crippen molar-refractivity contribution >= 4 is 6.09 Å². The lowest BCUT2D eigenvalue weighted by Crippen LogP contribution is -2.44. The molecule has 2 aromatic rings. The Bertz CT molecular complexity index is 831. The van der Waals surface area contributed by atoms with Gasteiger partial charge in [-0.3, -0.25) is 0 Å². The van der Waals surface area contributed by atoms with Crippen LogP contribution >= 0.6 is 0 Å². The van der Waals surface area contributed by atoms with E-state index >= 15 is 0 Å². The van der Waals surface area contributed by atoms with E-state index in [1.165, 1.54) is 18.4 Å². The Labute approximate surface area is 193 Å². The predicted molar refractivity (Wildman–Crippen MR) is 130 cm³/mol. The number of nitrogens with zero attached hydrogens (tertiary/aromatic N) is 1. The molecular weight excluding hydrogens is 398 g/mol. The van der Waals surface area contributed by atoms with Gasteiger partial charge in [-0.05, 0) is 57.6 Å². The Morgan fingerprint density at radius 2 is 1.69 bits per heavy atom. The molecule has 32 heavy (non-hydrogen) atoms. The van der Waals surface area contributed by atoms with Crippen LogP contribution in [-0.2, 0) is 21.4 Å². The van der Waals surface area contributed by atoms with Crippen molar-refractivity contribution in [1.82, 2.24) is 4.90 Å². The Morgan fingerprint density at radius 3 is 2.31 bits per heavy atom. The first-order chi connectivity index (χ1) is 15.3. The minimum absolute atomic E-state index is 0.000604. The first-order valence-corrected chi connectivity index (χ1v) is 11.9. The summed E-state index contributed by atoms with van der Waals surface area (Å²) in [4.78, 5) is 14.8. The highest BCUT2D eigenvalue weighted by atomic mass is 16.6. The van der Waals surface area contributed by atoms with Gasteiger partial charge in [0.1, 0.15) is 5.60 Å². The Balaban J connectivity index is 1.76. The summed E-state index contributed by atoms with van der Waals surface area (Å²) in [6, 6.07) is 21.0. The Morgan fingerprint density at radius 1 is 1.03 bits per heavy atom. The first kappa shape index (κ1) is 24.3. The molecule has 2 aromatic carbocycles. The summed E-state index contributed by atoms with van der Waals surface area (Å²) in [5.74, 6) is 0. The monoisotopic (exact) mass is 437 g/mol. The van der Waals surface area contributed by atoms with Crippen LogP contribution in [0.4, 0.5) is 4.79 Å². The highest BCUT2D eigenvalue weighted by Gasteiger charge is 2.42. The van der Waals surface area contributed by atoms with Gasteiger partial charge in [-0.25, -0.2) is 4.79 Å². The van der Waals surface area contributed by atoms with Crippen molar-refractivity contribution < 1.29 is 14.3 Å². The maximum absolute atomic E-state index is 13.0. The van der Waals surface area contributed by atoms with Crippen LogP contribution in [0.2, 0.25) is 0 Å². The molecule has 4 heteroatoms. The Hall–Kier alpha value is -2.33. The molecule has 1 fully saturated rings. The molecule has 0 spiro atoms. The van der Waals surface area contributed by atoms with E-state index in [1.807, 2.05) is 51.0 Å². The number of hydrogen-bond acceptors (Lipinski definition) is 3. The molecule has 1 aliphatic carbocycles. The van der Waals surface area contributed by atoms with Gasteiger partial charge in [-0.1, -0.05) is 73.5 Å². The van der Waals surface area contributed by atoms with Crippen molar-refractivity contribution in [3.63, 3.8) is 0 Å². The van der Waals surface area contributed by atoms with Crippen LogP contribution in [0.25, 0.3) is 0 Å². The number of amides is 1. The highest BCUT2D eigenvalue weighted by Crippen LogP contribution is 2.44. The predicted octanol–water partition coefficient (Wildman–Crippen LogP) is 6.73. The van der Waals surface area contributed by atoms with E-state index in [0.717, 1.165) is 31.2 Å². The second-order valence-corrected chi connectivity index (χ2v) is 9.98. The van der Waals surface area contributed by atoms with Crippen molar-refractivity contribution in [3.8, 4) is 0 Å². The summed E-state index contributed by atoms with van der Waals surface area (Å²) in [5.41, 5.74) is 1.96. The van der Waals surface area contributed by atoms with Gasteiger partial charge in [0, 0.05) is 25.6 Å². The van der Waals surface area contributed by atoms with Crippen LogP contribution in [0.3, 0.4) is 0 Å². The standard InChI is InChI=1S/C28H39NO3/c1-27(2,3)32-26(30)29(22-23-14-7-5-8-15-23)21-13-20-28(24-16-9-6-10-17-24)19-12-11-18-25(28)31-4/h5-10,14-17,25H,11-13,18-22H2,1-4H3. The fraction of sp³-hybridized carbons (Fsp3) is 0.536. The van der Waals surface area contributed by atoms with Gasteiger partial charge in [0.25, 0.3) is 0 Å². The quantitative estimate of drug-likeness (QED) is 0.459. The number of hydrogen-bond donors (Lipinski definition) is 0. The van der Waals surface area contributed by atoms with Crippen LogP contribution in [0.1, 0.15) is 70.4 Å². The molecule has 0 bridgehead atoms. The lowest BCUT2D eigenvalue weighted by atomic mass is 9.65. The maximum Gasteiger partial charge on any atom is 0.410 e. The number of rotatable bonds is 8. The van der Waals surface area contributed by atoms with E-state index in [0.29, 0.717) is 13.1 Å². The van der Waals surface area contributed by atoms with Gasteiger partial charge in [0.15, 0.2) is 0 Å². The number of ether oxygens (including phenoxy) is 2. The van der Waals surface area contributed by atoms with E-state index in [-0.39, 0.29) is 17.6 Å². The molecule has 0 aliphatic heterocycles. The molecule has 0 saturated heterocycles. The van der Waals surface area contributed by atoms with Crippen LogP contribution in [-0.4, -0.2) is 36.4 Å². The fourth-order valence-electron chi connectivity index (χ4n) is 5.03. The number of methoxy groups -OCH3 is 1. The first-order valence-electron chi connectivity index (χ1n) is 11.9. The zero-order valence-corrected chi connectivity index (χ0v) is 20.2. The van der Waals surface area contributed by atoms with Gasteiger partial charge in [-0.15, -0.1) is 0 Å². The van der Waals surface area contributed by atoms with E-state index in [2.05, 4.69) is 42.5 Å². The summed E-state index contributed by atoms with van der Waals surface area (Å²) in [7, 11) is 1.84. The Kier molecular flexibility index (Phi) is 8.36. The minimum Gasteiger partial charge on any atom is -0.444 e. The van der Waals surface area contributed by atoms with E-state index in [4.69, 9.17) is 9.47 Å². The van der Waals surface area contributed by atoms with Crippen LogP contribution < -0.4 is 0 Å². The van der Waals surface area contributed by atoms with E-state index in [9.17, 15) is 4.79 Å². The van der Waals surface area contributed by atoms with Gasteiger partial charge in [0.05, 0.1) is 6.10 Å². The largest absolute Gasteiger partial charge is 0.444 e. The summed E-state index contributed by atoms with van der Waals surface area (Å²) in [6.07, 6.45) is 6.50. The van der Waals surface area contributed by atoms with Crippen LogP contribution in [0.5, 0.6) is 0 Å². The average molecular weight is 438 g/mol. The molecule has 0 radical (unpaired) electrons. The molecular formula is C28H39NO3. The summed E-state index contributed by atoms with van der Waals surface area (Å²) >= 11 is 0. The normalized spacial score (nSPS) is 21.2. The molecule has 0 N–H and O–H groups in total. The van der Waals surface area contributed by atoms with Crippen molar-refractivity contribution in [3.05, 3.63) is 71.8 Å². The molecule has 2 unspecified atom stereocenters. The molecule has 2 atom stereocenters. The third-order valence-corrected chi connectivity index (χ3v) is 6.51. The topological polar surface area (TPSA) is 38.8 Å². The zero-order valence-electron chi connectivity index (χ0n) is 20.2. The SMILES string of the molecule is COC1CCCCC1(CCCN(Cc1ccccc1)C(=O)OC(C)(C)C)c1ccccc1. The number of carbonyl (C=O) groups is 1. The lowest BCUT2D eigenvalue weighted by Gasteiger charge is -2.44. The van der Waals surface area contributed by atoms with Gasteiger partial charge in [0.2, 0.25) is 0 Å². The summed E-state index contributed by atoms with van der Waals surface area (Å²) < 4.78 is 11.8. The second kappa shape index (κ2) is 11.0. The maximum atomic E-state index is 13.0. The number of benzene rings is 2. The molecule has 0 aromatic heterocycles. The third-order valence-electron chi connectivity index (χ3n) is 6.51. The average Bonchev–Trinajstić information content (AvgIpc) is 2.78. The fourth-order valence-corrected chi connectivity index (χ4v) is 5.03. The molecule has 1 amide bonds. The van der Waals surface area contributed by atoms with E-state index < -0.39 is 5.60 Å². The van der Waals surface area contributed by atoms with Crippen LogP contribution in [0, 0.1) is 0 Å². The van der Waals surface area contributed by atoms with Gasteiger partial charge < -0.3 is 14.4 Å². The van der Waals surface area contributed by atoms with Crippen molar-refractivity contribution in [2.24, 2.45) is 0 Å². The summed E-state index contributed by atoms with van der Waals surface area (Å²) in [5, 5.41) is 0. The van der Waals surface area contributed by atoms with Crippen LogP contribution in [0.15, 0.2) is 60.7 Å². The molecule has 4 nitrogen and oxygen atoms in total. The molecule has 3 rings (SSSR count). The minimum atomic E-state index is -0.512. The molecule has 0 heterocycles. The molecule has 1 saturated carbocycles. The zero-order chi connectivity index (χ0) is 23.0. The molecule has 174 valence electrons.